The lowest BCUT2D eigenvalue weighted by Crippen LogP contribution is -2.49. The Kier molecular flexibility index (Phi) is 5.51. The Morgan fingerprint density at radius 3 is 2.33 bits per heavy atom. The highest BCUT2D eigenvalue weighted by Gasteiger charge is 2.28. The minimum absolute atomic E-state index is 0.120. The van der Waals surface area contributed by atoms with Crippen molar-refractivity contribution in [2.45, 2.75) is 45.6 Å². The van der Waals surface area contributed by atoms with Gasteiger partial charge in [0, 0.05) is 12.6 Å². The van der Waals surface area contributed by atoms with Gasteiger partial charge in [0.05, 0.1) is 6.61 Å². The van der Waals surface area contributed by atoms with Gasteiger partial charge in [0.25, 0.3) is 0 Å². The van der Waals surface area contributed by atoms with E-state index in [0.717, 1.165) is 6.42 Å². The lowest BCUT2D eigenvalue weighted by Gasteiger charge is -2.33. The van der Waals surface area contributed by atoms with Crippen LogP contribution in [0.3, 0.4) is 0 Å². The fourth-order valence-corrected chi connectivity index (χ4v) is 1.58. The minimum Gasteiger partial charge on any atom is -0.383 e. The van der Waals surface area contributed by atoms with Crippen LogP contribution < -0.4 is 5.73 Å². The summed E-state index contributed by atoms with van der Waals surface area (Å²) in [6, 6.07) is 0. The molecule has 0 radical (unpaired) electrons. The highest BCUT2D eigenvalue weighted by atomic mass is 16.5. The first kappa shape index (κ1) is 11.9. The number of methoxy groups -OCH3 is 1. The Hall–Kier alpha value is -0.0800. The van der Waals surface area contributed by atoms with Crippen molar-refractivity contribution >= 4 is 0 Å². The summed E-state index contributed by atoms with van der Waals surface area (Å²) >= 11 is 0. The molecule has 0 rings (SSSR count). The van der Waals surface area contributed by atoms with Gasteiger partial charge in [-0.25, -0.2) is 0 Å². The molecule has 2 N–H and O–H groups in total. The third-order valence-corrected chi connectivity index (χ3v) is 2.77. The van der Waals surface area contributed by atoms with Gasteiger partial charge in [0.1, 0.15) is 0 Å². The molecular weight excluding hydrogens is 150 g/mol. The summed E-state index contributed by atoms with van der Waals surface area (Å²) < 4.78 is 5.14. The van der Waals surface area contributed by atoms with Crippen LogP contribution in [0.2, 0.25) is 0 Å². The normalized spacial score (nSPS) is 18.8. The maximum atomic E-state index is 6.21. The van der Waals surface area contributed by atoms with Crippen LogP contribution in [0.5, 0.6) is 0 Å². The molecule has 0 spiro atoms. The van der Waals surface area contributed by atoms with Crippen molar-refractivity contribution in [3.05, 3.63) is 0 Å². The van der Waals surface area contributed by atoms with Crippen molar-refractivity contribution in [1.29, 1.82) is 0 Å². The van der Waals surface area contributed by atoms with Gasteiger partial charge in [0.15, 0.2) is 0 Å². The monoisotopic (exact) mass is 173 g/mol. The van der Waals surface area contributed by atoms with E-state index in [9.17, 15) is 0 Å². The molecule has 0 heterocycles. The smallest absolute Gasteiger partial charge is 0.0644 e. The molecule has 2 atom stereocenters. The first-order chi connectivity index (χ1) is 5.60. The zero-order valence-electron chi connectivity index (χ0n) is 8.89. The van der Waals surface area contributed by atoms with E-state index < -0.39 is 0 Å². The molecule has 0 saturated heterocycles. The van der Waals surface area contributed by atoms with E-state index in [1.54, 1.807) is 7.11 Å². The second-order valence-electron chi connectivity index (χ2n) is 3.71. The molecule has 0 aliphatic rings. The van der Waals surface area contributed by atoms with Gasteiger partial charge in [0.2, 0.25) is 0 Å². The van der Waals surface area contributed by atoms with Crippen molar-refractivity contribution in [2.24, 2.45) is 11.7 Å². The van der Waals surface area contributed by atoms with Crippen LogP contribution >= 0.6 is 0 Å². The Morgan fingerprint density at radius 2 is 2.00 bits per heavy atom. The van der Waals surface area contributed by atoms with Crippen LogP contribution in [0.15, 0.2) is 0 Å². The van der Waals surface area contributed by atoms with E-state index in [-0.39, 0.29) is 5.54 Å². The number of nitrogens with two attached hydrogens (primary N) is 1. The van der Waals surface area contributed by atoms with Gasteiger partial charge in [-0.3, -0.25) is 0 Å². The quantitative estimate of drug-likeness (QED) is 0.668. The van der Waals surface area contributed by atoms with Crippen molar-refractivity contribution in [2.75, 3.05) is 13.7 Å². The molecule has 74 valence electrons. The molecule has 0 amide bonds. The number of ether oxygens (including phenoxy) is 1. The molecule has 2 heteroatoms. The van der Waals surface area contributed by atoms with E-state index in [1.165, 1.54) is 12.8 Å². The summed E-state index contributed by atoms with van der Waals surface area (Å²) in [5.74, 6) is 0.549. The molecule has 0 aliphatic carbocycles. The molecule has 0 aromatic carbocycles. The van der Waals surface area contributed by atoms with Crippen LogP contribution in [0.1, 0.15) is 40.0 Å². The van der Waals surface area contributed by atoms with Gasteiger partial charge in [-0.05, 0) is 18.8 Å². The van der Waals surface area contributed by atoms with Crippen LogP contribution in [0.4, 0.5) is 0 Å². The Balaban J connectivity index is 4.08. The average Bonchev–Trinajstić information content (AvgIpc) is 2.05. The topological polar surface area (TPSA) is 35.2 Å². The third-order valence-electron chi connectivity index (χ3n) is 2.77. The molecule has 0 aromatic heterocycles. The first-order valence-corrected chi connectivity index (χ1v) is 4.88. The predicted molar refractivity (Wildman–Crippen MR) is 53.2 cm³/mol. The molecule has 0 bridgehead atoms. The zero-order valence-corrected chi connectivity index (χ0v) is 8.89. The molecule has 0 saturated carbocycles. The van der Waals surface area contributed by atoms with E-state index in [2.05, 4.69) is 20.8 Å². The second kappa shape index (κ2) is 5.55. The van der Waals surface area contributed by atoms with Gasteiger partial charge in [-0.15, -0.1) is 0 Å². The summed E-state index contributed by atoms with van der Waals surface area (Å²) in [6.07, 6.45) is 3.37. The standard InChI is InChI=1S/C10H23NO/c1-5-7-9(3)10(11,6-2)8-12-4/h9H,5-8,11H2,1-4H3. The highest BCUT2D eigenvalue weighted by molar-refractivity contribution is 4.87. The van der Waals surface area contributed by atoms with Crippen LogP contribution in [-0.4, -0.2) is 19.3 Å². The predicted octanol–water partition coefficient (Wildman–Crippen LogP) is 2.18. The average molecular weight is 173 g/mol. The fraction of sp³-hybridized carbons (Fsp3) is 1.00. The van der Waals surface area contributed by atoms with Gasteiger partial charge in [-0.1, -0.05) is 27.2 Å². The van der Waals surface area contributed by atoms with Gasteiger partial charge < -0.3 is 10.5 Å². The molecular formula is C10H23NO. The Morgan fingerprint density at radius 1 is 1.42 bits per heavy atom. The molecule has 0 aromatic rings. The van der Waals surface area contributed by atoms with Crippen molar-refractivity contribution in [3.8, 4) is 0 Å². The summed E-state index contributed by atoms with van der Waals surface area (Å²) in [5.41, 5.74) is 6.09. The summed E-state index contributed by atoms with van der Waals surface area (Å²) in [5, 5.41) is 0. The van der Waals surface area contributed by atoms with Crippen LogP contribution in [0.25, 0.3) is 0 Å². The highest BCUT2D eigenvalue weighted by Crippen LogP contribution is 2.22. The largest absolute Gasteiger partial charge is 0.383 e. The SMILES string of the molecule is CCCC(C)C(N)(CC)COC. The number of hydrogen-bond donors (Lipinski definition) is 1. The van der Waals surface area contributed by atoms with Crippen molar-refractivity contribution < 1.29 is 4.74 Å². The molecule has 2 unspecified atom stereocenters. The summed E-state index contributed by atoms with van der Waals surface area (Å²) in [7, 11) is 1.72. The number of hydrogen-bond acceptors (Lipinski definition) is 2. The van der Waals surface area contributed by atoms with E-state index in [0.29, 0.717) is 12.5 Å². The van der Waals surface area contributed by atoms with Gasteiger partial charge >= 0.3 is 0 Å². The zero-order chi connectivity index (χ0) is 9.61. The Labute approximate surface area is 76.5 Å². The van der Waals surface area contributed by atoms with Crippen LogP contribution in [0, 0.1) is 5.92 Å². The lowest BCUT2D eigenvalue weighted by molar-refractivity contribution is 0.0935. The number of rotatable bonds is 6. The Bertz CT molecular complexity index is 116. The second-order valence-corrected chi connectivity index (χ2v) is 3.71. The summed E-state index contributed by atoms with van der Waals surface area (Å²) in [6.45, 7) is 7.21. The van der Waals surface area contributed by atoms with E-state index in [4.69, 9.17) is 10.5 Å². The maximum absolute atomic E-state index is 6.21. The minimum atomic E-state index is -0.120. The van der Waals surface area contributed by atoms with Gasteiger partial charge in [-0.2, -0.15) is 0 Å². The van der Waals surface area contributed by atoms with Crippen LogP contribution in [-0.2, 0) is 4.74 Å². The van der Waals surface area contributed by atoms with Crippen molar-refractivity contribution in [1.82, 2.24) is 0 Å². The van der Waals surface area contributed by atoms with E-state index in [1.807, 2.05) is 0 Å². The lowest BCUT2D eigenvalue weighted by atomic mass is 9.82. The van der Waals surface area contributed by atoms with Crippen molar-refractivity contribution in [3.63, 3.8) is 0 Å². The maximum Gasteiger partial charge on any atom is 0.0644 e. The molecule has 0 fully saturated rings. The van der Waals surface area contributed by atoms with E-state index >= 15 is 0 Å². The molecule has 2 nitrogen and oxygen atoms in total. The fourth-order valence-electron chi connectivity index (χ4n) is 1.58. The first-order valence-electron chi connectivity index (χ1n) is 4.88. The summed E-state index contributed by atoms with van der Waals surface area (Å²) in [4.78, 5) is 0. The molecule has 0 aliphatic heterocycles. The molecule has 12 heavy (non-hydrogen) atoms. The third kappa shape index (κ3) is 3.11.